The Morgan fingerprint density at radius 3 is 2.86 bits per heavy atom. The summed E-state index contributed by atoms with van der Waals surface area (Å²) in [5, 5.41) is 24.6. The average Bonchev–Trinajstić information content (AvgIpc) is 3.25. The SMILES string of the molecule is Cc1c(C(=O)N/N=C\c2ccc(-c3ccc(Cl)cc3[N+](=O)[O-])o2)sc(N)c1C#N. The van der Waals surface area contributed by atoms with Crippen LogP contribution < -0.4 is 11.2 Å². The Labute approximate surface area is 173 Å². The standard InChI is InChI=1S/C18H12ClN5O4S/c1-9-13(7-20)17(21)29-16(9)18(25)23-22-8-11-3-5-15(28-11)12-4-2-10(19)6-14(12)24(26)27/h2-6,8H,21H2,1H3,(H,23,25)/b22-8-. The summed E-state index contributed by atoms with van der Waals surface area (Å²) in [6.07, 6.45) is 1.25. The van der Waals surface area contributed by atoms with Crippen LogP contribution in [0.3, 0.4) is 0 Å². The summed E-state index contributed by atoms with van der Waals surface area (Å²) in [6, 6.07) is 9.28. The number of hydrazone groups is 1. The Bertz CT molecular complexity index is 1190. The summed E-state index contributed by atoms with van der Waals surface area (Å²) < 4.78 is 5.54. The number of nitriles is 1. The Morgan fingerprint density at radius 1 is 1.45 bits per heavy atom. The van der Waals surface area contributed by atoms with E-state index in [1.807, 2.05) is 6.07 Å². The number of carbonyl (C=O) groups excluding carboxylic acids is 1. The third kappa shape index (κ3) is 4.11. The first kappa shape index (κ1) is 20.1. The van der Waals surface area contributed by atoms with Crippen molar-refractivity contribution in [3.05, 3.63) is 67.2 Å². The molecule has 3 rings (SSSR count). The van der Waals surface area contributed by atoms with Gasteiger partial charge in [-0.15, -0.1) is 11.3 Å². The lowest BCUT2D eigenvalue weighted by Crippen LogP contribution is -2.17. The third-order valence-electron chi connectivity index (χ3n) is 3.90. The molecule has 0 bridgehead atoms. The minimum absolute atomic E-state index is 0.192. The second-order valence-corrected chi connectivity index (χ2v) is 7.22. The highest BCUT2D eigenvalue weighted by Crippen LogP contribution is 2.33. The van der Waals surface area contributed by atoms with Crippen LogP contribution in [-0.2, 0) is 0 Å². The molecular weight excluding hydrogens is 418 g/mol. The molecule has 3 N–H and O–H groups in total. The molecule has 0 aliphatic rings. The highest BCUT2D eigenvalue weighted by molar-refractivity contribution is 7.18. The third-order valence-corrected chi connectivity index (χ3v) is 5.25. The summed E-state index contributed by atoms with van der Waals surface area (Å²) in [7, 11) is 0. The number of hydrogen-bond donors (Lipinski definition) is 2. The fourth-order valence-corrected chi connectivity index (χ4v) is 3.61. The Morgan fingerprint density at radius 2 is 2.21 bits per heavy atom. The minimum Gasteiger partial charge on any atom is -0.455 e. The summed E-state index contributed by atoms with van der Waals surface area (Å²) in [5.41, 5.74) is 8.87. The molecule has 0 saturated carbocycles. The molecule has 0 aliphatic heterocycles. The fraction of sp³-hybridized carbons (Fsp3) is 0.0556. The molecule has 2 heterocycles. The summed E-state index contributed by atoms with van der Waals surface area (Å²) in [4.78, 5) is 23.2. The maximum atomic E-state index is 12.2. The van der Waals surface area contributed by atoms with Gasteiger partial charge in [0, 0.05) is 11.1 Å². The van der Waals surface area contributed by atoms with Crippen molar-refractivity contribution in [2.45, 2.75) is 6.92 Å². The van der Waals surface area contributed by atoms with Crippen LogP contribution in [0, 0.1) is 28.4 Å². The van der Waals surface area contributed by atoms with E-state index < -0.39 is 10.8 Å². The lowest BCUT2D eigenvalue weighted by molar-refractivity contribution is -0.384. The summed E-state index contributed by atoms with van der Waals surface area (Å²) >= 11 is 6.81. The van der Waals surface area contributed by atoms with Crippen molar-refractivity contribution < 1.29 is 14.1 Å². The quantitative estimate of drug-likeness (QED) is 0.354. The number of nitro benzene ring substituents is 1. The molecule has 0 unspecified atom stereocenters. The number of nitrogen functional groups attached to an aromatic ring is 1. The molecule has 0 saturated heterocycles. The maximum absolute atomic E-state index is 12.2. The van der Waals surface area contributed by atoms with E-state index in [1.54, 1.807) is 19.1 Å². The molecule has 0 aliphatic carbocycles. The first-order chi connectivity index (χ1) is 13.8. The van der Waals surface area contributed by atoms with Gasteiger partial charge in [0.15, 0.2) is 0 Å². The first-order valence-corrected chi connectivity index (χ1v) is 9.17. The number of hydrogen-bond acceptors (Lipinski definition) is 8. The zero-order valence-electron chi connectivity index (χ0n) is 14.8. The van der Waals surface area contributed by atoms with Crippen molar-refractivity contribution in [1.29, 1.82) is 5.26 Å². The molecule has 9 nitrogen and oxygen atoms in total. The molecule has 1 aromatic carbocycles. The highest BCUT2D eigenvalue weighted by Gasteiger charge is 2.19. The Hall–Kier alpha value is -3.68. The van der Waals surface area contributed by atoms with Crippen LogP contribution in [0.2, 0.25) is 5.02 Å². The Balaban J connectivity index is 1.76. The molecule has 0 spiro atoms. The molecule has 2 aromatic heterocycles. The number of carbonyl (C=O) groups is 1. The molecule has 11 heteroatoms. The number of nitro groups is 1. The topological polar surface area (TPSA) is 148 Å². The highest BCUT2D eigenvalue weighted by atomic mass is 35.5. The molecule has 3 aromatic rings. The molecule has 1 amide bonds. The normalized spacial score (nSPS) is 10.8. The van der Waals surface area contributed by atoms with Gasteiger partial charge in [-0.2, -0.15) is 10.4 Å². The lowest BCUT2D eigenvalue weighted by Gasteiger charge is -2.00. The summed E-state index contributed by atoms with van der Waals surface area (Å²) in [5.74, 6) is 0.00317. The fourth-order valence-electron chi connectivity index (χ4n) is 2.53. The van der Waals surface area contributed by atoms with Gasteiger partial charge < -0.3 is 10.2 Å². The molecule has 0 fully saturated rings. The van der Waals surface area contributed by atoms with Gasteiger partial charge in [0.2, 0.25) is 0 Å². The second-order valence-electron chi connectivity index (χ2n) is 5.73. The van der Waals surface area contributed by atoms with Crippen molar-refractivity contribution in [2.24, 2.45) is 5.10 Å². The van der Waals surface area contributed by atoms with Crippen molar-refractivity contribution in [3.63, 3.8) is 0 Å². The largest absolute Gasteiger partial charge is 0.455 e. The van der Waals surface area contributed by atoms with Gasteiger partial charge in [0.05, 0.1) is 22.3 Å². The minimum atomic E-state index is -0.553. The van der Waals surface area contributed by atoms with Gasteiger partial charge >= 0.3 is 0 Å². The number of anilines is 1. The number of furan rings is 1. The van der Waals surface area contributed by atoms with Gasteiger partial charge in [-0.05, 0) is 36.8 Å². The zero-order valence-corrected chi connectivity index (χ0v) is 16.4. The van der Waals surface area contributed by atoms with Crippen molar-refractivity contribution >= 4 is 45.7 Å². The van der Waals surface area contributed by atoms with Gasteiger partial charge in [0.1, 0.15) is 27.5 Å². The molecule has 29 heavy (non-hydrogen) atoms. The smallest absolute Gasteiger partial charge is 0.281 e. The van der Waals surface area contributed by atoms with Crippen LogP contribution in [0.1, 0.15) is 26.6 Å². The van der Waals surface area contributed by atoms with Crippen LogP contribution >= 0.6 is 22.9 Å². The summed E-state index contributed by atoms with van der Waals surface area (Å²) in [6.45, 7) is 1.63. The molecule has 0 radical (unpaired) electrons. The maximum Gasteiger partial charge on any atom is 0.281 e. The second kappa shape index (κ2) is 8.14. The van der Waals surface area contributed by atoms with Crippen molar-refractivity contribution in [3.8, 4) is 17.4 Å². The first-order valence-electron chi connectivity index (χ1n) is 7.98. The van der Waals surface area contributed by atoms with Gasteiger partial charge in [-0.25, -0.2) is 5.43 Å². The van der Waals surface area contributed by atoms with E-state index in [0.717, 1.165) is 11.3 Å². The predicted molar refractivity (Wildman–Crippen MR) is 109 cm³/mol. The number of nitrogens with one attached hydrogen (secondary N) is 1. The molecule has 146 valence electrons. The number of rotatable bonds is 5. The number of nitrogens with two attached hydrogens (primary N) is 1. The average molecular weight is 430 g/mol. The number of benzene rings is 1. The number of nitrogens with zero attached hydrogens (tertiary/aromatic N) is 3. The number of amides is 1. The van der Waals surface area contributed by atoms with Gasteiger partial charge in [-0.3, -0.25) is 14.9 Å². The predicted octanol–water partition coefficient (Wildman–Crippen LogP) is 4.10. The Kier molecular flexibility index (Phi) is 5.63. The van der Waals surface area contributed by atoms with Gasteiger partial charge in [-0.1, -0.05) is 11.6 Å². The molecular formula is C18H12ClN5O4S. The van der Waals surface area contributed by atoms with E-state index in [-0.39, 0.29) is 43.2 Å². The van der Waals surface area contributed by atoms with E-state index in [2.05, 4.69) is 10.5 Å². The van der Waals surface area contributed by atoms with E-state index in [0.29, 0.717) is 5.56 Å². The molecule has 0 atom stereocenters. The van der Waals surface area contributed by atoms with Crippen LogP contribution in [0.15, 0.2) is 39.9 Å². The van der Waals surface area contributed by atoms with Crippen molar-refractivity contribution in [1.82, 2.24) is 5.43 Å². The van der Waals surface area contributed by atoms with Crippen LogP contribution in [0.4, 0.5) is 10.7 Å². The van der Waals surface area contributed by atoms with Gasteiger partial charge in [0.25, 0.3) is 11.6 Å². The lowest BCUT2D eigenvalue weighted by atomic mass is 10.1. The van der Waals surface area contributed by atoms with Crippen LogP contribution in [-0.4, -0.2) is 17.0 Å². The number of thiophene rings is 1. The van der Waals surface area contributed by atoms with Crippen molar-refractivity contribution in [2.75, 3.05) is 5.73 Å². The zero-order chi connectivity index (χ0) is 21.1. The van der Waals surface area contributed by atoms with E-state index in [4.69, 9.17) is 27.0 Å². The van der Waals surface area contributed by atoms with E-state index in [9.17, 15) is 14.9 Å². The van der Waals surface area contributed by atoms with Crippen LogP contribution in [0.5, 0.6) is 0 Å². The van der Waals surface area contributed by atoms with Crippen LogP contribution in [0.25, 0.3) is 11.3 Å². The number of halogens is 1. The van der Waals surface area contributed by atoms with E-state index in [1.165, 1.54) is 24.4 Å². The van der Waals surface area contributed by atoms with E-state index >= 15 is 0 Å². The monoisotopic (exact) mass is 429 g/mol.